The average molecular weight is 272 g/mol. The van der Waals surface area contributed by atoms with E-state index in [1.54, 1.807) is 18.2 Å². The largest absolute Gasteiger partial charge is 1.00 e. The van der Waals surface area contributed by atoms with Crippen molar-refractivity contribution < 1.29 is 174 Å². The summed E-state index contributed by atoms with van der Waals surface area (Å²) in [7, 11) is -2.92. The third kappa shape index (κ3) is 25.0. The summed E-state index contributed by atoms with van der Waals surface area (Å²) in [5.74, 6) is -0.178. The summed E-state index contributed by atoms with van der Waals surface area (Å²) in [6, 6.07) is 7.94. The van der Waals surface area contributed by atoms with Crippen LogP contribution in [0.5, 0.6) is 0 Å². The van der Waals surface area contributed by atoms with Crippen molar-refractivity contribution in [2.45, 2.75) is 0 Å². The minimum atomic E-state index is -2.92. The van der Waals surface area contributed by atoms with Crippen LogP contribution in [0, 0.1) is 5.82 Å². The fraction of sp³-hybridized carbons (Fsp3) is 0. The molecular formula is C6H5BFK3O3. The van der Waals surface area contributed by atoms with Gasteiger partial charge in [-0.2, -0.15) is 0 Å². The molecule has 0 heterocycles. The van der Waals surface area contributed by atoms with Gasteiger partial charge in [0.25, 0.3) is 0 Å². The summed E-state index contributed by atoms with van der Waals surface area (Å²) in [5.41, 5.74) is 0. The third-order valence-electron chi connectivity index (χ3n) is 0.733. The second-order valence-electron chi connectivity index (χ2n) is 1.58. The topological polar surface area (TPSA) is 69.2 Å². The Morgan fingerprint density at radius 1 is 0.857 bits per heavy atom. The molecule has 0 atom stereocenters. The zero-order chi connectivity index (χ0) is 8.69. The van der Waals surface area contributed by atoms with E-state index in [-0.39, 0.29) is 160 Å². The van der Waals surface area contributed by atoms with E-state index in [4.69, 9.17) is 15.1 Å². The van der Waals surface area contributed by atoms with Crippen molar-refractivity contribution in [1.82, 2.24) is 0 Å². The molecule has 0 saturated carbocycles. The predicted octanol–water partition coefficient (Wildman–Crippen LogP) is -11.1. The maximum absolute atomic E-state index is 11.9. The summed E-state index contributed by atoms with van der Waals surface area (Å²) in [6.07, 6.45) is 0. The fourth-order valence-electron chi connectivity index (χ4n) is 0.415. The molecule has 0 N–H and O–H groups in total. The second-order valence-corrected chi connectivity index (χ2v) is 1.58. The van der Waals surface area contributed by atoms with E-state index in [1.807, 2.05) is 0 Å². The first-order valence-electron chi connectivity index (χ1n) is 2.81. The molecule has 0 saturated heterocycles. The van der Waals surface area contributed by atoms with Crippen molar-refractivity contribution in [3.63, 3.8) is 0 Å². The van der Waals surface area contributed by atoms with Crippen LogP contribution in [0.15, 0.2) is 30.3 Å². The van der Waals surface area contributed by atoms with Crippen molar-refractivity contribution in [2.75, 3.05) is 0 Å². The van der Waals surface area contributed by atoms with E-state index in [2.05, 4.69) is 0 Å². The Balaban J connectivity index is -0.0000000650. The van der Waals surface area contributed by atoms with Gasteiger partial charge in [-0.15, -0.1) is 0 Å². The number of rotatable bonds is 0. The Morgan fingerprint density at radius 3 is 1.29 bits per heavy atom. The zero-order valence-corrected chi connectivity index (χ0v) is 17.9. The van der Waals surface area contributed by atoms with E-state index in [1.165, 1.54) is 12.1 Å². The van der Waals surface area contributed by atoms with Gasteiger partial charge in [-0.3, -0.25) is 7.32 Å². The summed E-state index contributed by atoms with van der Waals surface area (Å²) in [4.78, 5) is 0. The number of halogens is 1. The van der Waals surface area contributed by atoms with Crippen LogP contribution in [0.3, 0.4) is 0 Å². The van der Waals surface area contributed by atoms with Crippen LogP contribution in [-0.4, -0.2) is 7.32 Å². The predicted molar refractivity (Wildman–Crippen MR) is 32.2 cm³/mol. The van der Waals surface area contributed by atoms with Crippen LogP contribution in [0.2, 0.25) is 0 Å². The summed E-state index contributed by atoms with van der Waals surface area (Å²) >= 11 is 0. The molecule has 0 bridgehead atoms. The van der Waals surface area contributed by atoms with Gasteiger partial charge in [-0.05, 0) is 12.1 Å². The summed E-state index contributed by atoms with van der Waals surface area (Å²) in [6.45, 7) is 0. The molecule has 0 unspecified atom stereocenters. The SMILES string of the molecule is Fc1ccccc1.[K+].[K+].[K+].[O-]B([O-])[O-]. The van der Waals surface area contributed by atoms with Crippen molar-refractivity contribution in [1.29, 1.82) is 0 Å². The van der Waals surface area contributed by atoms with Crippen LogP contribution in [-0.2, 0) is 0 Å². The molecule has 1 rings (SSSR count). The van der Waals surface area contributed by atoms with Crippen molar-refractivity contribution in [2.24, 2.45) is 0 Å². The quantitative estimate of drug-likeness (QED) is 0.440. The second kappa shape index (κ2) is 19.3. The number of benzene rings is 1. The van der Waals surface area contributed by atoms with Crippen LogP contribution >= 0.6 is 0 Å². The van der Waals surface area contributed by atoms with Crippen molar-refractivity contribution in [3.8, 4) is 0 Å². The van der Waals surface area contributed by atoms with E-state index in [9.17, 15) is 4.39 Å². The molecule has 60 valence electrons. The summed E-state index contributed by atoms with van der Waals surface area (Å²) in [5, 5.41) is 25.2. The van der Waals surface area contributed by atoms with Gasteiger partial charge >= 0.3 is 154 Å². The van der Waals surface area contributed by atoms with Gasteiger partial charge in [-0.1, -0.05) is 18.2 Å². The smallest absolute Gasteiger partial charge is 0.907 e. The molecule has 0 fully saturated rings. The minimum Gasteiger partial charge on any atom is -0.907 e. The van der Waals surface area contributed by atoms with E-state index in [0.717, 1.165) is 0 Å². The maximum Gasteiger partial charge on any atom is 1.00 e. The molecule has 0 aromatic heterocycles. The van der Waals surface area contributed by atoms with Crippen molar-refractivity contribution in [3.05, 3.63) is 36.1 Å². The van der Waals surface area contributed by atoms with Crippen LogP contribution < -0.4 is 169 Å². The van der Waals surface area contributed by atoms with Gasteiger partial charge in [0, 0.05) is 0 Å². The monoisotopic (exact) mass is 272 g/mol. The molecule has 0 aliphatic rings. The van der Waals surface area contributed by atoms with Gasteiger partial charge in [-0.25, -0.2) is 4.39 Å². The number of hydrogen-bond acceptors (Lipinski definition) is 3. The third-order valence-corrected chi connectivity index (χ3v) is 0.733. The zero-order valence-electron chi connectivity index (χ0n) is 8.57. The van der Waals surface area contributed by atoms with Gasteiger partial charge in [0.15, 0.2) is 0 Å². The Bertz CT molecular complexity index is 188. The first-order chi connectivity index (χ1) is 5.13. The fourth-order valence-corrected chi connectivity index (χ4v) is 0.415. The van der Waals surface area contributed by atoms with Crippen LogP contribution in [0.1, 0.15) is 0 Å². The molecular weight excluding hydrogens is 267 g/mol. The Kier molecular flexibility index (Phi) is 36.7. The number of hydrogen-bond donors (Lipinski definition) is 0. The molecule has 1 aromatic carbocycles. The Labute approximate surface area is 211 Å². The van der Waals surface area contributed by atoms with Crippen LogP contribution in [0.4, 0.5) is 4.39 Å². The van der Waals surface area contributed by atoms with Crippen molar-refractivity contribution >= 4 is 7.32 Å². The maximum atomic E-state index is 11.9. The van der Waals surface area contributed by atoms with Gasteiger partial charge in [0.1, 0.15) is 5.82 Å². The standard InChI is InChI=1S/C6H5F.BO3.3K/c7-6-4-2-1-3-5-6;2-1(3)4;;;/h1-5H;;;;/q;-3;3*+1. The van der Waals surface area contributed by atoms with E-state index in [0.29, 0.717) is 0 Å². The Hall–Kier alpha value is 4.00. The molecule has 14 heavy (non-hydrogen) atoms. The van der Waals surface area contributed by atoms with E-state index < -0.39 is 7.32 Å². The van der Waals surface area contributed by atoms with E-state index >= 15 is 0 Å². The normalized spacial score (nSPS) is 6.29. The molecule has 8 heteroatoms. The molecule has 0 amide bonds. The molecule has 0 aliphatic heterocycles. The average Bonchev–Trinajstić information content (AvgIpc) is 1.87. The molecule has 1 aromatic rings. The molecule has 0 radical (unpaired) electrons. The minimum absolute atomic E-state index is 0. The first kappa shape index (κ1) is 26.5. The van der Waals surface area contributed by atoms with Gasteiger partial charge in [0.05, 0.1) is 0 Å². The summed E-state index contributed by atoms with van der Waals surface area (Å²) < 4.78 is 11.9. The van der Waals surface area contributed by atoms with Crippen LogP contribution in [0.25, 0.3) is 0 Å². The van der Waals surface area contributed by atoms with Gasteiger partial charge < -0.3 is 15.1 Å². The molecule has 0 aliphatic carbocycles. The Morgan fingerprint density at radius 2 is 1.14 bits per heavy atom. The molecule has 3 nitrogen and oxygen atoms in total. The van der Waals surface area contributed by atoms with Gasteiger partial charge in [0.2, 0.25) is 0 Å². The molecule has 0 spiro atoms. The first-order valence-corrected chi connectivity index (χ1v) is 2.81.